The monoisotopic (exact) mass is 452 g/mol. The van der Waals surface area contributed by atoms with Gasteiger partial charge < -0.3 is 9.74 Å². The van der Waals surface area contributed by atoms with Crippen LogP contribution in [0.2, 0.25) is 16.6 Å². The molecule has 6 nitrogen and oxygen atoms in total. The molecule has 1 aliphatic heterocycles. The van der Waals surface area contributed by atoms with Crippen LogP contribution in [0, 0.1) is 5.82 Å². The SMILES string of the molecule is CC(C)[Si](OCC1CN(CC(=O)CNc2ccc(F)cn2)CCN1C)(C(C)C)C(C)C. The van der Waals surface area contributed by atoms with E-state index in [4.69, 9.17) is 4.43 Å². The van der Waals surface area contributed by atoms with Gasteiger partial charge in [-0.2, -0.15) is 0 Å². The molecule has 2 rings (SSSR count). The highest BCUT2D eigenvalue weighted by Gasteiger charge is 2.45. The molecule has 1 fully saturated rings. The molecule has 1 unspecified atom stereocenters. The average molecular weight is 453 g/mol. The Bertz CT molecular complexity index is 678. The van der Waals surface area contributed by atoms with Crippen molar-refractivity contribution in [1.82, 2.24) is 14.8 Å². The summed E-state index contributed by atoms with van der Waals surface area (Å²) in [5.74, 6) is 0.226. The Morgan fingerprint density at radius 3 is 2.39 bits per heavy atom. The molecule has 176 valence electrons. The lowest BCUT2D eigenvalue weighted by atomic mass is 10.2. The zero-order chi connectivity index (χ0) is 23.2. The molecule has 0 bridgehead atoms. The first kappa shape index (κ1) is 25.9. The summed E-state index contributed by atoms with van der Waals surface area (Å²) < 4.78 is 19.8. The molecule has 1 N–H and O–H groups in total. The third-order valence-corrected chi connectivity index (χ3v) is 12.8. The fraction of sp³-hybridized carbons (Fsp3) is 0.739. The molecular weight excluding hydrogens is 411 g/mol. The van der Waals surface area contributed by atoms with Gasteiger partial charge in [-0.3, -0.25) is 14.6 Å². The lowest BCUT2D eigenvalue weighted by Gasteiger charge is -2.45. The Balaban J connectivity index is 1.90. The van der Waals surface area contributed by atoms with Crippen LogP contribution in [-0.2, 0) is 9.22 Å². The van der Waals surface area contributed by atoms with Gasteiger partial charge in [0.2, 0.25) is 0 Å². The molecule has 0 radical (unpaired) electrons. The second-order valence-corrected chi connectivity index (χ2v) is 15.2. The van der Waals surface area contributed by atoms with Crippen LogP contribution in [0.3, 0.4) is 0 Å². The second kappa shape index (κ2) is 11.5. The van der Waals surface area contributed by atoms with Gasteiger partial charge in [-0.05, 0) is 35.8 Å². The molecule has 0 spiro atoms. The molecule has 0 saturated carbocycles. The van der Waals surface area contributed by atoms with Gasteiger partial charge >= 0.3 is 0 Å². The number of halogens is 1. The van der Waals surface area contributed by atoms with Gasteiger partial charge in [0.25, 0.3) is 0 Å². The van der Waals surface area contributed by atoms with Crippen molar-refractivity contribution in [3.05, 3.63) is 24.1 Å². The van der Waals surface area contributed by atoms with Gasteiger partial charge in [0.1, 0.15) is 11.6 Å². The van der Waals surface area contributed by atoms with Crippen LogP contribution in [0.5, 0.6) is 0 Å². The Kier molecular flexibility index (Phi) is 9.60. The molecule has 8 heteroatoms. The van der Waals surface area contributed by atoms with Crippen LogP contribution in [0.25, 0.3) is 0 Å². The number of pyridine rings is 1. The zero-order valence-corrected chi connectivity index (χ0v) is 21.3. The summed E-state index contributed by atoms with van der Waals surface area (Å²) in [6.07, 6.45) is 1.15. The van der Waals surface area contributed by atoms with Crippen molar-refractivity contribution in [2.75, 3.05) is 51.7 Å². The lowest BCUT2D eigenvalue weighted by Crippen LogP contribution is -2.57. The van der Waals surface area contributed by atoms with Crippen LogP contribution in [0.4, 0.5) is 10.2 Å². The van der Waals surface area contributed by atoms with Crippen LogP contribution in [0.15, 0.2) is 18.3 Å². The molecule has 2 heterocycles. The lowest BCUT2D eigenvalue weighted by molar-refractivity contribution is -0.119. The first-order chi connectivity index (χ1) is 14.6. The normalized spacial score (nSPS) is 18.9. The van der Waals surface area contributed by atoms with Crippen molar-refractivity contribution in [2.45, 2.75) is 64.2 Å². The highest BCUT2D eigenvalue weighted by Crippen LogP contribution is 2.42. The molecule has 31 heavy (non-hydrogen) atoms. The van der Waals surface area contributed by atoms with Crippen molar-refractivity contribution >= 4 is 19.9 Å². The summed E-state index contributed by atoms with van der Waals surface area (Å²) in [6, 6.07) is 3.16. The predicted octanol–water partition coefficient (Wildman–Crippen LogP) is 4.01. The van der Waals surface area contributed by atoms with Crippen molar-refractivity contribution < 1.29 is 13.6 Å². The first-order valence-electron chi connectivity index (χ1n) is 11.5. The van der Waals surface area contributed by atoms with E-state index in [2.05, 4.69) is 68.7 Å². The van der Waals surface area contributed by atoms with Crippen LogP contribution < -0.4 is 5.32 Å². The molecule has 1 atom stereocenters. The maximum absolute atomic E-state index is 13.0. The highest BCUT2D eigenvalue weighted by molar-refractivity contribution is 6.77. The van der Waals surface area contributed by atoms with Crippen molar-refractivity contribution in [1.29, 1.82) is 0 Å². The zero-order valence-electron chi connectivity index (χ0n) is 20.3. The van der Waals surface area contributed by atoms with Gasteiger partial charge in [-0.15, -0.1) is 0 Å². The number of carbonyl (C=O) groups is 1. The average Bonchev–Trinajstić information content (AvgIpc) is 2.69. The molecule has 1 aromatic heterocycles. The van der Waals surface area contributed by atoms with Gasteiger partial charge in [0.05, 0.1) is 25.9 Å². The largest absolute Gasteiger partial charge is 0.414 e. The van der Waals surface area contributed by atoms with E-state index in [9.17, 15) is 9.18 Å². The first-order valence-corrected chi connectivity index (χ1v) is 13.6. The highest BCUT2D eigenvalue weighted by atomic mass is 28.4. The minimum Gasteiger partial charge on any atom is -0.414 e. The van der Waals surface area contributed by atoms with Gasteiger partial charge in [0.15, 0.2) is 14.1 Å². The number of rotatable bonds is 11. The number of aromatic nitrogens is 1. The third kappa shape index (κ3) is 6.81. The number of nitrogens with one attached hydrogen (secondary N) is 1. The summed E-state index contributed by atoms with van der Waals surface area (Å²) in [5, 5.41) is 2.98. The van der Waals surface area contributed by atoms with Crippen molar-refractivity contribution in [3.63, 3.8) is 0 Å². The summed E-state index contributed by atoms with van der Waals surface area (Å²) >= 11 is 0. The van der Waals surface area contributed by atoms with E-state index in [1.807, 2.05) is 0 Å². The third-order valence-electron chi connectivity index (χ3n) is 6.69. The number of Topliss-reactive ketones (excluding diaryl/α,β-unsaturated/α-hetero) is 1. The summed E-state index contributed by atoms with van der Waals surface area (Å²) in [7, 11) is 0.246. The Morgan fingerprint density at radius 2 is 1.84 bits per heavy atom. The number of hydrogen-bond donors (Lipinski definition) is 1. The Labute approximate surface area is 188 Å². The predicted molar refractivity (Wildman–Crippen MR) is 128 cm³/mol. The van der Waals surface area contributed by atoms with E-state index in [1.165, 1.54) is 6.07 Å². The number of piperazine rings is 1. The number of nitrogens with zero attached hydrogens (tertiary/aromatic N) is 3. The molecule has 1 saturated heterocycles. The van der Waals surface area contributed by atoms with E-state index in [0.29, 0.717) is 29.0 Å². The second-order valence-electron chi connectivity index (χ2n) is 9.75. The summed E-state index contributed by atoms with van der Waals surface area (Å²) in [6.45, 7) is 17.8. The number of likely N-dealkylation sites (N-methyl/N-ethyl adjacent to an activating group) is 1. The molecule has 0 amide bonds. The molecule has 0 aliphatic carbocycles. The topological polar surface area (TPSA) is 57.7 Å². The van der Waals surface area contributed by atoms with E-state index in [-0.39, 0.29) is 24.2 Å². The minimum absolute atomic E-state index is 0.102. The fourth-order valence-corrected chi connectivity index (χ4v) is 10.5. The standard InChI is InChI=1S/C23H41FN4O2Si/c1-17(2)31(18(3)4,19(5)6)30-16-21-14-28(11-10-27(21)7)15-22(29)13-26-23-9-8-20(24)12-25-23/h8-9,12,17-19,21H,10-11,13-16H2,1-7H3,(H,25,26). The van der Waals surface area contributed by atoms with E-state index >= 15 is 0 Å². The van der Waals surface area contributed by atoms with E-state index in [0.717, 1.165) is 32.4 Å². The number of carbonyl (C=O) groups excluding carboxylic acids is 1. The number of hydrogen-bond acceptors (Lipinski definition) is 6. The van der Waals surface area contributed by atoms with Crippen LogP contribution >= 0.6 is 0 Å². The smallest absolute Gasteiger partial charge is 0.200 e. The van der Waals surface area contributed by atoms with Gasteiger partial charge in [-0.25, -0.2) is 9.37 Å². The minimum atomic E-state index is -1.91. The molecular formula is C23H41FN4O2Si. The summed E-state index contributed by atoms with van der Waals surface area (Å²) in [5.41, 5.74) is 1.68. The van der Waals surface area contributed by atoms with Crippen molar-refractivity contribution in [2.24, 2.45) is 0 Å². The van der Waals surface area contributed by atoms with Crippen molar-refractivity contribution in [3.8, 4) is 0 Å². The number of ketones is 1. The van der Waals surface area contributed by atoms with Crippen LogP contribution in [-0.4, -0.2) is 81.3 Å². The van der Waals surface area contributed by atoms with E-state index in [1.54, 1.807) is 6.07 Å². The molecule has 1 aliphatic rings. The fourth-order valence-electron chi connectivity index (χ4n) is 5.05. The summed E-state index contributed by atoms with van der Waals surface area (Å²) in [4.78, 5) is 21.0. The molecule has 0 aromatic carbocycles. The van der Waals surface area contributed by atoms with Gasteiger partial charge in [0, 0.05) is 25.7 Å². The quantitative estimate of drug-likeness (QED) is 0.512. The van der Waals surface area contributed by atoms with Gasteiger partial charge in [-0.1, -0.05) is 41.5 Å². The van der Waals surface area contributed by atoms with E-state index < -0.39 is 8.32 Å². The Morgan fingerprint density at radius 1 is 1.19 bits per heavy atom. The Hall–Kier alpha value is -1.35. The van der Waals surface area contributed by atoms with Crippen LogP contribution in [0.1, 0.15) is 41.5 Å². The number of anilines is 1. The molecule has 1 aromatic rings. The maximum atomic E-state index is 13.0. The maximum Gasteiger partial charge on any atom is 0.200 e.